The lowest BCUT2D eigenvalue weighted by Gasteiger charge is -2.20. The molecule has 0 aliphatic heterocycles. The molecule has 1 rings (SSSR count). The Morgan fingerprint density at radius 1 is 1.44 bits per heavy atom. The second kappa shape index (κ2) is 5.49. The van der Waals surface area contributed by atoms with Crippen LogP contribution in [-0.4, -0.2) is 29.0 Å². The van der Waals surface area contributed by atoms with E-state index < -0.39 is 5.82 Å². The summed E-state index contributed by atoms with van der Waals surface area (Å²) in [5.41, 5.74) is 0.0234. The second-order valence-electron chi connectivity index (χ2n) is 3.55. The van der Waals surface area contributed by atoms with Gasteiger partial charge >= 0.3 is 0 Å². The third-order valence-corrected chi connectivity index (χ3v) is 2.35. The molecule has 0 heterocycles. The Hall–Kier alpha value is -1.58. The van der Waals surface area contributed by atoms with E-state index in [9.17, 15) is 14.3 Å². The van der Waals surface area contributed by atoms with Crippen molar-refractivity contribution >= 4 is 5.91 Å². The van der Waals surface area contributed by atoms with E-state index in [0.717, 1.165) is 18.6 Å². The third-order valence-electron chi connectivity index (χ3n) is 2.35. The summed E-state index contributed by atoms with van der Waals surface area (Å²) in [5.74, 6) is -1.03. The summed E-state index contributed by atoms with van der Waals surface area (Å²) in [6.07, 6.45) is 0.829. The van der Waals surface area contributed by atoms with E-state index in [2.05, 4.69) is 0 Å². The zero-order valence-electron chi connectivity index (χ0n) is 9.53. The van der Waals surface area contributed by atoms with Crippen LogP contribution in [0.15, 0.2) is 18.2 Å². The quantitative estimate of drug-likeness (QED) is 0.854. The number of carbonyl (C=O) groups is 1. The van der Waals surface area contributed by atoms with Crippen molar-refractivity contribution in [1.29, 1.82) is 0 Å². The van der Waals surface area contributed by atoms with Crippen LogP contribution in [-0.2, 0) is 0 Å². The lowest BCUT2D eigenvalue weighted by atomic mass is 10.1. The summed E-state index contributed by atoms with van der Waals surface area (Å²) in [5, 5.41) is 9.50. The first-order chi connectivity index (χ1) is 7.60. The molecule has 0 saturated carbocycles. The van der Waals surface area contributed by atoms with E-state index in [4.69, 9.17) is 0 Å². The summed E-state index contributed by atoms with van der Waals surface area (Å²) in [4.78, 5) is 13.5. The fourth-order valence-electron chi connectivity index (χ4n) is 1.52. The van der Waals surface area contributed by atoms with Crippen molar-refractivity contribution < 1.29 is 14.3 Å². The summed E-state index contributed by atoms with van der Waals surface area (Å²) in [7, 11) is 0. The Kier molecular flexibility index (Phi) is 4.28. The van der Waals surface area contributed by atoms with E-state index in [1.54, 1.807) is 4.90 Å². The lowest BCUT2D eigenvalue weighted by molar-refractivity contribution is 0.0761. The van der Waals surface area contributed by atoms with Crippen molar-refractivity contribution in [2.24, 2.45) is 0 Å². The van der Waals surface area contributed by atoms with Gasteiger partial charge in [-0.25, -0.2) is 4.39 Å². The van der Waals surface area contributed by atoms with Crippen molar-refractivity contribution in [1.82, 2.24) is 4.90 Å². The third kappa shape index (κ3) is 2.72. The number of halogens is 1. The number of carbonyl (C=O) groups excluding carboxylic acids is 1. The molecule has 1 N–H and O–H groups in total. The van der Waals surface area contributed by atoms with Gasteiger partial charge in [-0.1, -0.05) is 6.92 Å². The molecule has 3 nitrogen and oxygen atoms in total. The van der Waals surface area contributed by atoms with Crippen LogP contribution < -0.4 is 0 Å². The first kappa shape index (κ1) is 12.5. The van der Waals surface area contributed by atoms with E-state index in [1.807, 2.05) is 13.8 Å². The van der Waals surface area contributed by atoms with Gasteiger partial charge < -0.3 is 10.0 Å². The molecule has 0 fully saturated rings. The van der Waals surface area contributed by atoms with Gasteiger partial charge in [0.15, 0.2) is 0 Å². The van der Waals surface area contributed by atoms with Gasteiger partial charge in [-0.2, -0.15) is 0 Å². The molecular weight excluding hydrogens is 209 g/mol. The first-order valence-corrected chi connectivity index (χ1v) is 5.38. The number of benzene rings is 1. The van der Waals surface area contributed by atoms with Gasteiger partial charge in [0, 0.05) is 13.1 Å². The fraction of sp³-hybridized carbons (Fsp3) is 0.417. The Balaban J connectivity index is 2.98. The van der Waals surface area contributed by atoms with Crippen molar-refractivity contribution in [2.75, 3.05) is 13.1 Å². The normalized spacial score (nSPS) is 10.2. The SMILES string of the molecule is CCCN(CC)C(=O)c1cc(F)ccc1O. The summed E-state index contributed by atoms with van der Waals surface area (Å²) in [6, 6.07) is 3.39. The number of nitrogens with zero attached hydrogens (tertiary/aromatic N) is 1. The summed E-state index contributed by atoms with van der Waals surface area (Å²) >= 11 is 0. The van der Waals surface area contributed by atoms with Crippen molar-refractivity contribution in [3.8, 4) is 5.75 Å². The average molecular weight is 225 g/mol. The summed E-state index contributed by atoms with van der Waals surface area (Å²) in [6.45, 7) is 4.96. The highest BCUT2D eigenvalue weighted by Gasteiger charge is 2.17. The number of rotatable bonds is 4. The Labute approximate surface area is 94.5 Å². The molecule has 1 aromatic carbocycles. The molecule has 16 heavy (non-hydrogen) atoms. The van der Waals surface area contributed by atoms with Gasteiger partial charge in [-0.15, -0.1) is 0 Å². The van der Waals surface area contributed by atoms with Gasteiger partial charge in [0.2, 0.25) is 0 Å². The second-order valence-corrected chi connectivity index (χ2v) is 3.55. The van der Waals surface area contributed by atoms with Crippen LogP contribution in [0.3, 0.4) is 0 Å². The molecule has 88 valence electrons. The Bertz CT molecular complexity index is 379. The topological polar surface area (TPSA) is 40.5 Å². The highest BCUT2D eigenvalue weighted by molar-refractivity contribution is 5.96. The van der Waals surface area contributed by atoms with Crippen molar-refractivity contribution in [3.63, 3.8) is 0 Å². The summed E-state index contributed by atoms with van der Waals surface area (Å²) < 4.78 is 13.0. The highest BCUT2D eigenvalue weighted by Crippen LogP contribution is 2.19. The van der Waals surface area contributed by atoms with Crippen LogP contribution >= 0.6 is 0 Å². The van der Waals surface area contributed by atoms with Gasteiger partial charge in [-0.05, 0) is 31.5 Å². The molecule has 0 spiro atoms. The van der Waals surface area contributed by atoms with Crippen LogP contribution in [0.5, 0.6) is 5.75 Å². The van der Waals surface area contributed by atoms with E-state index >= 15 is 0 Å². The smallest absolute Gasteiger partial charge is 0.257 e. The molecule has 1 amide bonds. The van der Waals surface area contributed by atoms with Gasteiger partial charge in [0.05, 0.1) is 5.56 Å². The number of phenolic OH excluding ortho intramolecular Hbond substituents is 1. The Morgan fingerprint density at radius 2 is 2.12 bits per heavy atom. The number of hydrogen-bond acceptors (Lipinski definition) is 2. The van der Waals surface area contributed by atoms with E-state index in [0.29, 0.717) is 13.1 Å². The van der Waals surface area contributed by atoms with Crippen molar-refractivity contribution in [2.45, 2.75) is 20.3 Å². The van der Waals surface area contributed by atoms with Crippen LogP contribution in [0, 0.1) is 5.82 Å². The molecule has 0 bridgehead atoms. The van der Waals surface area contributed by atoms with Crippen molar-refractivity contribution in [3.05, 3.63) is 29.6 Å². The van der Waals surface area contributed by atoms with Gasteiger partial charge in [0.25, 0.3) is 5.91 Å². The molecule has 4 heteroatoms. The van der Waals surface area contributed by atoms with Crippen LogP contribution in [0.4, 0.5) is 4.39 Å². The number of amides is 1. The van der Waals surface area contributed by atoms with Gasteiger partial charge in [-0.3, -0.25) is 4.79 Å². The molecule has 0 radical (unpaired) electrons. The molecule has 0 aromatic heterocycles. The predicted octanol–water partition coefficient (Wildman–Crippen LogP) is 2.40. The monoisotopic (exact) mass is 225 g/mol. The maximum atomic E-state index is 13.0. The number of hydrogen-bond donors (Lipinski definition) is 1. The predicted molar refractivity (Wildman–Crippen MR) is 59.9 cm³/mol. The van der Waals surface area contributed by atoms with E-state index in [1.165, 1.54) is 6.07 Å². The minimum atomic E-state index is -0.520. The van der Waals surface area contributed by atoms with Crippen LogP contribution in [0.2, 0.25) is 0 Å². The first-order valence-electron chi connectivity index (χ1n) is 5.38. The standard InChI is InChI=1S/C12H16FNO2/c1-3-7-14(4-2)12(16)10-8-9(13)5-6-11(10)15/h5-6,8,15H,3-4,7H2,1-2H3. The maximum absolute atomic E-state index is 13.0. The Morgan fingerprint density at radius 3 is 2.69 bits per heavy atom. The molecule has 1 aromatic rings. The minimum Gasteiger partial charge on any atom is -0.507 e. The number of aromatic hydroxyl groups is 1. The molecule has 0 unspecified atom stereocenters. The lowest BCUT2D eigenvalue weighted by Crippen LogP contribution is -2.31. The minimum absolute atomic E-state index is 0.0234. The molecular formula is C12H16FNO2. The number of phenols is 1. The zero-order valence-corrected chi connectivity index (χ0v) is 9.53. The zero-order chi connectivity index (χ0) is 12.1. The largest absolute Gasteiger partial charge is 0.507 e. The van der Waals surface area contributed by atoms with E-state index in [-0.39, 0.29) is 17.2 Å². The molecule has 0 aliphatic carbocycles. The van der Waals surface area contributed by atoms with Gasteiger partial charge in [0.1, 0.15) is 11.6 Å². The molecule has 0 aliphatic rings. The maximum Gasteiger partial charge on any atom is 0.257 e. The fourth-order valence-corrected chi connectivity index (χ4v) is 1.52. The molecule has 0 atom stereocenters. The van der Waals surface area contributed by atoms with Crippen LogP contribution in [0.25, 0.3) is 0 Å². The van der Waals surface area contributed by atoms with Crippen LogP contribution in [0.1, 0.15) is 30.6 Å². The highest BCUT2D eigenvalue weighted by atomic mass is 19.1. The molecule has 0 saturated heterocycles. The average Bonchev–Trinajstić information content (AvgIpc) is 2.28.